The Morgan fingerprint density at radius 3 is 2.38 bits per heavy atom. The van der Waals surface area contributed by atoms with Crippen LogP contribution in [0.25, 0.3) is 0 Å². The van der Waals surface area contributed by atoms with Gasteiger partial charge in [0.15, 0.2) is 0 Å². The third-order valence-electron chi connectivity index (χ3n) is 2.72. The van der Waals surface area contributed by atoms with Crippen molar-refractivity contribution in [2.45, 2.75) is 39.3 Å². The van der Waals surface area contributed by atoms with Gasteiger partial charge in [-0.25, -0.2) is 0 Å². The highest BCUT2D eigenvalue weighted by Gasteiger charge is 2.20. The fourth-order valence-electron chi connectivity index (χ4n) is 1.47. The molecule has 0 bridgehead atoms. The van der Waals surface area contributed by atoms with Crippen LogP contribution in [-0.2, 0) is 4.79 Å². The highest BCUT2D eigenvalue weighted by Crippen LogP contribution is 2.15. The molecule has 0 aromatic heterocycles. The number of aliphatic carboxylic acids is 1. The first kappa shape index (κ1) is 12.7. The number of aryl methyl sites for hydroxylation is 1. The molecule has 1 aromatic carbocycles. The van der Waals surface area contributed by atoms with Crippen LogP contribution >= 0.6 is 0 Å². The van der Waals surface area contributed by atoms with E-state index in [9.17, 15) is 9.90 Å². The van der Waals surface area contributed by atoms with Crippen LogP contribution in [0, 0.1) is 6.92 Å². The maximum absolute atomic E-state index is 11.2. The van der Waals surface area contributed by atoms with Crippen LogP contribution in [0.5, 0.6) is 0 Å². The van der Waals surface area contributed by atoms with E-state index in [1.165, 1.54) is 0 Å². The van der Waals surface area contributed by atoms with Gasteiger partial charge in [0.25, 0.3) is 0 Å². The first-order chi connectivity index (χ1) is 7.54. The summed E-state index contributed by atoms with van der Waals surface area (Å²) in [7, 11) is 0. The maximum atomic E-state index is 11.2. The van der Waals surface area contributed by atoms with E-state index in [1.54, 1.807) is 0 Å². The number of hydrogen-bond acceptors (Lipinski definition) is 2. The Kier molecular flexibility index (Phi) is 4.50. The molecule has 2 unspecified atom stereocenters. The standard InChI is InChI=1S/C13H19NO2/c1-4-10(3)14-12(13(15)16)11-7-5-9(2)6-8-11/h5-8,10,12,14H,4H2,1-3H3,(H,15,16). The maximum Gasteiger partial charge on any atom is 0.325 e. The normalized spacial score (nSPS) is 14.4. The van der Waals surface area contributed by atoms with Gasteiger partial charge in [0.05, 0.1) is 0 Å². The molecular weight excluding hydrogens is 202 g/mol. The molecule has 0 aliphatic heterocycles. The van der Waals surface area contributed by atoms with Crippen molar-refractivity contribution in [2.75, 3.05) is 0 Å². The third kappa shape index (κ3) is 3.35. The van der Waals surface area contributed by atoms with Crippen LogP contribution in [0.15, 0.2) is 24.3 Å². The summed E-state index contributed by atoms with van der Waals surface area (Å²) in [5.41, 5.74) is 1.94. The number of hydrogen-bond donors (Lipinski definition) is 2. The van der Waals surface area contributed by atoms with Crippen LogP contribution in [0.2, 0.25) is 0 Å². The number of carboxylic acids is 1. The molecule has 16 heavy (non-hydrogen) atoms. The molecule has 2 atom stereocenters. The van der Waals surface area contributed by atoms with E-state index in [0.29, 0.717) is 0 Å². The van der Waals surface area contributed by atoms with Crippen molar-refractivity contribution in [1.82, 2.24) is 5.32 Å². The quantitative estimate of drug-likeness (QED) is 0.803. The third-order valence-corrected chi connectivity index (χ3v) is 2.72. The molecule has 3 nitrogen and oxygen atoms in total. The molecule has 2 N–H and O–H groups in total. The van der Waals surface area contributed by atoms with Crippen LogP contribution in [-0.4, -0.2) is 17.1 Å². The summed E-state index contributed by atoms with van der Waals surface area (Å²) in [4.78, 5) is 11.2. The van der Waals surface area contributed by atoms with Crippen molar-refractivity contribution in [2.24, 2.45) is 0 Å². The van der Waals surface area contributed by atoms with Gasteiger partial charge in [-0.2, -0.15) is 0 Å². The lowest BCUT2D eigenvalue weighted by Crippen LogP contribution is -2.34. The zero-order valence-corrected chi connectivity index (χ0v) is 10.0. The van der Waals surface area contributed by atoms with E-state index in [1.807, 2.05) is 45.0 Å². The molecule has 88 valence electrons. The van der Waals surface area contributed by atoms with Crippen LogP contribution < -0.4 is 5.32 Å². The van der Waals surface area contributed by atoms with Crippen LogP contribution in [0.1, 0.15) is 37.4 Å². The van der Waals surface area contributed by atoms with Crippen molar-refractivity contribution in [3.8, 4) is 0 Å². The molecule has 0 aliphatic rings. The highest BCUT2D eigenvalue weighted by molar-refractivity contribution is 5.75. The lowest BCUT2D eigenvalue weighted by atomic mass is 10.0. The lowest BCUT2D eigenvalue weighted by Gasteiger charge is -2.19. The van der Waals surface area contributed by atoms with Gasteiger partial charge in [0, 0.05) is 6.04 Å². The first-order valence-electron chi connectivity index (χ1n) is 5.60. The van der Waals surface area contributed by atoms with Gasteiger partial charge in [-0.05, 0) is 25.8 Å². The number of carbonyl (C=O) groups is 1. The highest BCUT2D eigenvalue weighted by atomic mass is 16.4. The van der Waals surface area contributed by atoms with Crippen molar-refractivity contribution >= 4 is 5.97 Å². The summed E-state index contributed by atoms with van der Waals surface area (Å²) in [6.07, 6.45) is 0.912. The molecule has 0 amide bonds. The van der Waals surface area contributed by atoms with E-state index in [4.69, 9.17) is 0 Å². The van der Waals surface area contributed by atoms with Gasteiger partial charge >= 0.3 is 5.97 Å². The molecular formula is C13H19NO2. The van der Waals surface area contributed by atoms with Gasteiger partial charge in [0.2, 0.25) is 0 Å². The Balaban J connectivity index is 2.85. The SMILES string of the molecule is CCC(C)NC(C(=O)O)c1ccc(C)cc1. The number of nitrogens with one attached hydrogen (secondary N) is 1. The fourth-order valence-corrected chi connectivity index (χ4v) is 1.47. The van der Waals surface area contributed by atoms with E-state index < -0.39 is 12.0 Å². The zero-order chi connectivity index (χ0) is 12.1. The Labute approximate surface area is 96.5 Å². The zero-order valence-electron chi connectivity index (χ0n) is 10.0. The first-order valence-corrected chi connectivity index (χ1v) is 5.60. The molecule has 0 saturated carbocycles. The topological polar surface area (TPSA) is 49.3 Å². The Bertz CT molecular complexity index is 345. The lowest BCUT2D eigenvalue weighted by molar-refractivity contribution is -0.139. The summed E-state index contributed by atoms with van der Waals surface area (Å²) in [6, 6.07) is 7.18. The van der Waals surface area contributed by atoms with Gasteiger partial charge in [-0.3, -0.25) is 10.1 Å². The Morgan fingerprint density at radius 2 is 1.94 bits per heavy atom. The van der Waals surface area contributed by atoms with Gasteiger partial charge in [0.1, 0.15) is 6.04 Å². The summed E-state index contributed by atoms with van der Waals surface area (Å²) in [5, 5.41) is 12.3. The summed E-state index contributed by atoms with van der Waals surface area (Å²) < 4.78 is 0. The molecule has 0 saturated heterocycles. The smallest absolute Gasteiger partial charge is 0.325 e. The van der Waals surface area contributed by atoms with E-state index in [0.717, 1.165) is 17.5 Å². The average molecular weight is 221 g/mol. The van der Waals surface area contributed by atoms with E-state index >= 15 is 0 Å². The summed E-state index contributed by atoms with van der Waals surface area (Å²) in [6.45, 7) is 6.01. The second-order valence-corrected chi connectivity index (χ2v) is 4.16. The molecule has 0 fully saturated rings. The number of carboxylic acid groups (broad SMARTS) is 1. The molecule has 0 spiro atoms. The Morgan fingerprint density at radius 1 is 1.38 bits per heavy atom. The molecule has 0 heterocycles. The average Bonchev–Trinajstić information content (AvgIpc) is 2.26. The second-order valence-electron chi connectivity index (χ2n) is 4.16. The molecule has 1 rings (SSSR count). The molecule has 0 aliphatic carbocycles. The Hall–Kier alpha value is -1.35. The van der Waals surface area contributed by atoms with Gasteiger partial charge in [-0.15, -0.1) is 0 Å². The molecule has 1 aromatic rings. The van der Waals surface area contributed by atoms with Gasteiger partial charge < -0.3 is 5.11 Å². The van der Waals surface area contributed by atoms with E-state index in [2.05, 4.69) is 5.32 Å². The molecule has 0 radical (unpaired) electrons. The minimum atomic E-state index is -0.829. The second kappa shape index (κ2) is 5.66. The predicted octanol–water partition coefficient (Wildman–Crippen LogP) is 2.51. The number of rotatable bonds is 5. The van der Waals surface area contributed by atoms with E-state index in [-0.39, 0.29) is 6.04 Å². The van der Waals surface area contributed by atoms with Crippen LogP contribution in [0.4, 0.5) is 0 Å². The van der Waals surface area contributed by atoms with Crippen molar-refractivity contribution < 1.29 is 9.90 Å². The fraction of sp³-hybridized carbons (Fsp3) is 0.462. The van der Waals surface area contributed by atoms with Gasteiger partial charge in [-0.1, -0.05) is 36.8 Å². The summed E-state index contributed by atoms with van der Waals surface area (Å²) >= 11 is 0. The minimum absolute atomic E-state index is 0.197. The van der Waals surface area contributed by atoms with Crippen molar-refractivity contribution in [3.63, 3.8) is 0 Å². The largest absolute Gasteiger partial charge is 0.480 e. The predicted molar refractivity (Wildman–Crippen MR) is 64.4 cm³/mol. The minimum Gasteiger partial charge on any atom is -0.480 e. The van der Waals surface area contributed by atoms with Crippen molar-refractivity contribution in [3.05, 3.63) is 35.4 Å². The summed E-state index contributed by atoms with van der Waals surface area (Å²) in [5.74, 6) is -0.829. The van der Waals surface area contributed by atoms with Crippen LogP contribution in [0.3, 0.4) is 0 Å². The van der Waals surface area contributed by atoms with Crippen molar-refractivity contribution in [1.29, 1.82) is 0 Å². The molecule has 3 heteroatoms. The monoisotopic (exact) mass is 221 g/mol. The number of benzene rings is 1.